The van der Waals surface area contributed by atoms with E-state index in [0.29, 0.717) is 5.56 Å². The molecule has 1 N–H and O–H groups in total. The topological polar surface area (TPSA) is 82.6 Å². The Balaban J connectivity index is 1.50. The fourth-order valence-electron chi connectivity index (χ4n) is 3.20. The van der Waals surface area contributed by atoms with Gasteiger partial charge in [0.05, 0.1) is 23.6 Å². The molecule has 0 atom stereocenters. The van der Waals surface area contributed by atoms with Crippen molar-refractivity contribution in [2.75, 3.05) is 48.8 Å². The van der Waals surface area contributed by atoms with E-state index in [1.165, 1.54) is 0 Å². The van der Waals surface area contributed by atoms with Crippen LogP contribution in [0.5, 0.6) is 0 Å². The first kappa shape index (κ1) is 20.3. The molecule has 1 saturated heterocycles. The van der Waals surface area contributed by atoms with Gasteiger partial charge in [0.25, 0.3) is 6.20 Å². The quantitative estimate of drug-likeness (QED) is 0.728. The molecule has 1 aromatic carbocycles. The summed E-state index contributed by atoms with van der Waals surface area (Å²) in [5, 5.41) is 8.58. The Kier molecular flexibility index (Phi) is 6.69. The van der Waals surface area contributed by atoms with Gasteiger partial charge in [-0.2, -0.15) is 5.01 Å². The molecule has 2 heterocycles. The lowest BCUT2D eigenvalue weighted by Crippen LogP contribution is -2.65. The van der Waals surface area contributed by atoms with Crippen molar-refractivity contribution in [3.05, 3.63) is 41.1 Å². The highest BCUT2D eigenvalue weighted by atomic mass is 32.2. The monoisotopic (exact) mass is 404 g/mol. The van der Waals surface area contributed by atoms with Crippen LogP contribution in [0.4, 0.5) is 5.88 Å². The van der Waals surface area contributed by atoms with Gasteiger partial charge in [-0.1, -0.05) is 36.9 Å². The number of nitrogens with zero attached hydrogens (tertiary/aromatic N) is 4. The third kappa shape index (κ3) is 4.90. The number of hydrogen-bond acceptors (Lipinski definition) is 7. The fraction of sp³-hybridized carbons (Fsp3) is 0.474. The molecule has 0 unspecified atom stereocenters. The lowest BCUT2D eigenvalue weighted by Gasteiger charge is -2.28. The van der Waals surface area contributed by atoms with E-state index in [2.05, 4.69) is 27.4 Å². The van der Waals surface area contributed by atoms with E-state index in [9.17, 15) is 9.59 Å². The molecular formula is C19H26N5O3S+. The zero-order valence-corrected chi connectivity index (χ0v) is 17.3. The van der Waals surface area contributed by atoms with E-state index in [1.807, 2.05) is 32.0 Å². The minimum absolute atomic E-state index is 0.0164. The molecule has 9 heteroatoms. The normalized spacial score (nSPS) is 14.9. The second-order valence-electron chi connectivity index (χ2n) is 6.77. The van der Waals surface area contributed by atoms with Crippen molar-refractivity contribution in [1.29, 1.82) is 0 Å². The van der Waals surface area contributed by atoms with Gasteiger partial charge in [-0.3, -0.25) is 24.3 Å². The minimum Gasteiger partial charge on any atom is -0.300 e. The molecule has 1 fully saturated rings. The van der Waals surface area contributed by atoms with Crippen LogP contribution in [0.15, 0.2) is 28.9 Å². The van der Waals surface area contributed by atoms with Gasteiger partial charge >= 0.3 is 5.88 Å². The van der Waals surface area contributed by atoms with E-state index < -0.39 is 0 Å². The second kappa shape index (κ2) is 9.20. The number of likely N-dealkylation sites (N-methyl/N-ethyl adjacent to an activating group) is 1. The molecule has 1 aliphatic rings. The fourth-order valence-corrected chi connectivity index (χ4v) is 4.00. The van der Waals surface area contributed by atoms with Gasteiger partial charge in [-0.05, 0) is 31.5 Å². The lowest BCUT2D eigenvalue weighted by atomic mass is 10.0. The first-order valence-electron chi connectivity index (χ1n) is 9.37. The minimum atomic E-state index is -0.302. The zero-order chi connectivity index (χ0) is 20.1. The van der Waals surface area contributed by atoms with E-state index in [1.54, 1.807) is 11.0 Å². The third-order valence-electron chi connectivity index (χ3n) is 4.82. The summed E-state index contributed by atoms with van der Waals surface area (Å²) in [7, 11) is 0. The van der Waals surface area contributed by atoms with Crippen LogP contribution in [-0.4, -0.2) is 59.7 Å². The highest BCUT2D eigenvalue weighted by Crippen LogP contribution is 2.20. The molecule has 2 aromatic rings. The van der Waals surface area contributed by atoms with E-state index in [0.717, 1.165) is 55.6 Å². The summed E-state index contributed by atoms with van der Waals surface area (Å²) in [6.45, 7) is 10.6. The number of carbonyl (C=O) groups is 2. The smallest absolute Gasteiger partial charge is 0.300 e. The van der Waals surface area contributed by atoms with Crippen LogP contribution in [0.1, 0.15) is 28.4 Å². The van der Waals surface area contributed by atoms with E-state index >= 15 is 0 Å². The molecule has 1 aliphatic heterocycles. The Morgan fingerprint density at radius 2 is 1.89 bits per heavy atom. The average molecular weight is 405 g/mol. The highest BCUT2D eigenvalue weighted by molar-refractivity contribution is 8.14. The van der Waals surface area contributed by atoms with Crippen molar-refractivity contribution in [2.24, 2.45) is 0 Å². The summed E-state index contributed by atoms with van der Waals surface area (Å²) in [6, 6.07) is 5.71. The predicted molar refractivity (Wildman–Crippen MR) is 108 cm³/mol. The van der Waals surface area contributed by atoms with E-state index in [4.69, 9.17) is 4.52 Å². The molecule has 0 spiro atoms. The van der Waals surface area contributed by atoms with Crippen molar-refractivity contribution in [3.8, 4) is 0 Å². The van der Waals surface area contributed by atoms with Crippen molar-refractivity contribution in [1.82, 2.24) is 10.2 Å². The van der Waals surface area contributed by atoms with Gasteiger partial charge in [0.1, 0.15) is 0 Å². The van der Waals surface area contributed by atoms with Gasteiger partial charge in [0, 0.05) is 18.7 Å². The molecule has 0 saturated carbocycles. The van der Waals surface area contributed by atoms with Crippen molar-refractivity contribution < 1.29 is 18.9 Å². The summed E-state index contributed by atoms with van der Waals surface area (Å²) in [5.74, 6) is -0.0191. The summed E-state index contributed by atoms with van der Waals surface area (Å²) in [4.78, 5) is 28.6. The number of nitrogens with one attached hydrogen (secondary N) is 1. The number of benzene rings is 1. The maximum Gasteiger partial charge on any atom is 0.305 e. The van der Waals surface area contributed by atoms with Crippen molar-refractivity contribution >= 4 is 28.7 Å². The van der Waals surface area contributed by atoms with Crippen LogP contribution in [0, 0.1) is 13.8 Å². The first-order valence-corrected chi connectivity index (χ1v) is 10.4. The van der Waals surface area contributed by atoms with Gasteiger partial charge in [-0.15, -0.1) is 0 Å². The third-order valence-corrected chi connectivity index (χ3v) is 5.70. The molecule has 150 valence electrons. The predicted octanol–water partition coefficient (Wildman–Crippen LogP) is 1.36. The van der Waals surface area contributed by atoms with Crippen molar-refractivity contribution in [2.45, 2.75) is 20.8 Å². The number of anilines is 1. The molecule has 0 radical (unpaired) electrons. The summed E-state index contributed by atoms with van der Waals surface area (Å²) in [5.41, 5.74) is 2.50. The summed E-state index contributed by atoms with van der Waals surface area (Å²) >= 11 is 0.987. The largest absolute Gasteiger partial charge is 0.305 e. The van der Waals surface area contributed by atoms with Crippen LogP contribution in [0.25, 0.3) is 0 Å². The maximum absolute atomic E-state index is 12.4. The standard InChI is InChI=1S/C19H25N5O3S/c1-4-22-8-10-23(11-9-22)24-12-17(27-21-24)20-16(25)13-28-19(26)18-14(2)6-5-7-15(18)3/h5-7,12H,4,8-11,13H2,1-3H3/p+1. The van der Waals surface area contributed by atoms with Crippen LogP contribution >= 0.6 is 11.8 Å². The van der Waals surface area contributed by atoms with Gasteiger partial charge in [0.15, 0.2) is 0 Å². The molecule has 1 aromatic heterocycles. The Morgan fingerprint density at radius 3 is 2.54 bits per heavy atom. The Hall–Kier alpha value is -2.39. The number of rotatable bonds is 6. The van der Waals surface area contributed by atoms with Crippen molar-refractivity contribution in [3.63, 3.8) is 0 Å². The van der Waals surface area contributed by atoms with Gasteiger partial charge < -0.3 is 0 Å². The lowest BCUT2D eigenvalue weighted by molar-refractivity contribution is -0.759. The number of hydrogen-bond donors (Lipinski definition) is 1. The molecule has 0 bridgehead atoms. The number of thioether (sulfide) groups is 1. The van der Waals surface area contributed by atoms with E-state index in [-0.39, 0.29) is 22.7 Å². The molecule has 0 aliphatic carbocycles. The molecule has 1 amide bonds. The Bertz CT molecular complexity index is 826. The zero-order valence-electron chi connectivity index (χ0n) is 16.5. The molecule has 28 heavy (non-hydrogen) atoms. The Morgan fingerprint density at radius 1 is 1.21 bits per heavy atom. The number of piperazine rings is 1. The first-order chi connectivity index (χ1) is 13.5. The van der Waals surface area contributed by atoms with Crippen LogP contribution in [0.2, 0.25) is 0 Å². The number of aryl methyl sites for hydroxylation is 2. The number of amides is 1. The highest BCUT2D eigenvalue weighted by Gasteiger charge is 2.26. The maximum atomic E-state index is 12.4. The van der Waals surface area contributed by atoms with Gasteiger partial charge in [0.2, 0.25) is 16.3 Å². The number of carbonyl (C=O) groups excluding carboxylic acids is 2. The summed E-state index contributed by atoms with van der Waals surface area (Å²) < 4.78 is 5.20. The van der Waals surface area contributed by atoms with Gasteiger partial charge in [-0.25, -0.2) is 0 Å². The van der Waals surface area contributed by atoms with Crippen LogP contribution < -0.4 is 15.1 Å². The summed E-state index contributed by atoms with van der Waals surface area (Å²) in [6.07, 6.45) is 1.65. The average Bonchev–Trinajstić information content (AvgIpc) is 3.14. The molecule has 3 rings (SSSR count). The Labute approximate surface area is 168 Å². The molecular weight excluding hydrogens is 378 g/mol. The molecule has 8 nitrogen and oxygen atoms in total. The van der Waals surface area contributed by atoms with Crippen LogP contribution in [-0.2, 0) is 4.79 Å². The second-order valence-corrected chi connectivity index (χ2v) is 7.71. The van der Waals surface area contributed by atoms with Crippen LogP contribution in [0.3, 0.4) is 0 Å². The SMILES string of the molecule is CCN1CCN([n+]2cc(NC(=O)CSC(=O)c3c(C)cccc3C)on2)CC1. The number of aromatic nitrogens is 2.